The molecule has 2 N–H and O–H groups in total. The third-order valence-electron chi connectivity index (χ3n) is 4.22. The molecule has 1 unspecified atom stereocenters. The molecule has 19 heavy (non-hydrogen) atoms. The van der Waals surface area contributed by atoms with Gasteiger partial charge in [-0.25, -0.2) is 0 Å². The molecule has 3 nitrogen and oxygen atoms in total. The van der Waals surface area contributed by atoms with Gasteiger partial charge in [-0.15, -0.1) is 0 Å². The van der Waals surface area contributed by atoms with E-state index >= 15 is 0 Å². The van der Waals surface area contributed by atoms with Crippen molar-refractivity contribution in [3.05, 3.63) is 35.4 Å². The molecule has 104 valence electrons. The highest BCUT2D eigenvalue weighted by Gasteiger charge is 2.26. The van der Waals surface area contributed by atoms with Gasteiger partial charge in [-0.2, -0.15) is 0 Å². The first-order chi connectivity index (χ1) is 9.08. The minimum Gasteiger partial charge on any atom is -0.481 e. The molecule has 0 amide bonds. The molecule has 1 aliphatic rings. The normalized spacial score (nSPS) is 24.9. The smallest absolute Gasteiger partial charge is 0.306 e. The first kappa shape index (κ1) is 14.1. The fourth-order valence-electron chi connectivity index (χ4n) is 3.02. The molecular weight excluding hydrogens is 238 g/mol. The van der Waals surface area contributed by atoms with Crippen LogP contribution in [0.1, 0.15) is 49.8 Å². The first-order valence-corrected chi connectivity index (χ1v) is 7.12. The number of aryl methyl sites for hydroxylation is 1. The summed E-state index contributed by atoms with van der Waals surface area (Å²) in [5, 5.41) is 12.6. The second-order valence-corrected chi connectivity index (χ2v) is 5.63. The lowest BCUT2D eigenvalue weighted by Gasteiger charge is -2.30. The van der Waals surface area contributed by atoms with Gasteiger partial charge in [-0.05, 0) is 50.7 Å². The van der Waals surface area contributed by atoms with Crippen LogP contribution in [0.5, 0.6) is 0 Å². The minimum atomic E-state index is -0.634. The van der Waals surface area contributed by atoms with Crippen LogP contribution >= 0.6 is 0 Å². The van der Waals surface area contributed by atoms with Crippen molar-refractivity contribution >= 4 is 5.97 Å². The number of carboxylic acids is 1. The van der Waals surface area contributed by atoms with E-state index in [-0.39, 0.29) is 5.92 Å². The van der Waals surface area contributed by atoms with E-state index in [4.69, 9.17) is 5.11 Å². The largest absolute Gasteiger partial charge is 0.481 e. The SMILES string of the molecule is Cc1ccccc1C(C)NC1CCC(C(=O)O)CC1. The molecule has 0 radical (unpaired) electrons. The molecule has 0 spiro atoms. The number of rotatable bonds is 4. The van der Waals surface area contributed by atoms with Crippen molar-refractivity contribution in [2.24, 2.45) is 5.92 Å². The van der Waals surface area contributed by atoms with Gasteiger partial charge in [0.25, 0.3) is 0 Å². The number of hydrogen-bond donors (Lipinski definition) is 2. The fraction of sp³-hybridized carbons (Fsp3) is 0.562. The van der Waals surface area contributed by atoms with Crippen molar-refractivity contribution in [3.8, 4) is 0 Å². The van der Waals surface area contributed by atoms with E-state index in [9.17, 15) is 4.79 Å². The van der Waals surface area contributed by atoms with Crippen molar-refractivity contribution < 1.29 is 9.90 Å². The van der Waals surface area contributed by atoms with Crippen molar-refractivity contribution in [1.82, 2.24) is 5.32 Å². The quantitative estimate of drug-likeness (QED) is 0.874. The predicted molar refractivity (Wildman–Crippen MR) is 76.1 cm³/mol. The van der Waals surface area contributed by atoms with Crippen LogP contribution in [0.15, 0.2) is 24.3 Å². The summed E-state index contributed by atoms with van der Waals surface area (Å²) >= 11 is 0. The van der Waals surface area contributed by atoms with E-state index < -0.39 is 5.97 Å². The lowest BCUT2D eigenvalue weighted by Crippen LogP contribution is -2.36. The average molecular weight is 261 g/mol. The molecule has 1 aliphatic carbocycles. The Morgan fingerprint density at radius 2 is 1.89 bits per heavy atom. The van der Waals surface area contributed by atoms with Crippen LogP contribution in [-0.2, 0) is 4.79 Å². The summed E-state index contributed by atoms with van der Waals surface area (Å²) in [5.41, 5.74) is 2.64. The Balaban J connectivity index is 1.89. The Morgan fingerprint density at radius 3 is 2.47 bits per heavy atom. The summed E-state index contributed by atoms with van der Waals surface area (Å²) < 4.78 is 0. The monoisotopic (exact) mass is 261 g/mol. The van der Waals surface area contributed by atoms with E-state index in [1.165, 1.54) is 11.1 Å². The van der Waals surface area contributed by atoms with E-state index in [1.54, 1.807) is 0 Å². The molecule has 2 rings (SSSR count). The molecule has 1 fully saturated rings. The molecule has 0 aromatic heterocycles. The molecule has 0 aliphatic heterocycles. The van der Waals surface area contributed by atoms with Gasteiger partial charge in [0.15, 0.2) is 0 Å². The second-order valence-electron chi connectivity index (χ2n) is 5.63. The van der Waals surface area contributed by atoms with Crippen molar-refractivity contribution in [3.63, 3.8) is 0 Å². The van der Waals surface area contributed by atoms with Crippen molar-refractivity contribution in [2.45, 2.75) is 51.6 Å². The van der Waals surface area contributed by atoms with Gasteiger partial charge in [-0.1, -0.05) is 24.3 Å². The van der Waals surface area contributed by atoms with Crippen LogP contribution in [0.2, 0.25) is 0 Å². The lowest BCUT2D eigenvalue weighted by atomic mass is 9.85. The molecule has 1 saturated carbocycles. The molecule has 1 aromatic rings. The maximum absolute atomic E-state index is 10.9. The first-order valence-electron chi connectivity index (χ1n) is 7.12. The number of nitrogens with one attached hydrogen (secondary N) is 1. The van der Waals surface area contributed by atoms with E-state index in [2.05, 4.69) is 43.4 Å². The number of carbonyl (C=O) groups is 1. The third-order valence-corrected chi connectivity index (χ3v) is 4.22. The molecule has 3 heteroatoms. The summed E-state index contributed by atoms with van der Waals surface area (Å²) in [6.45, 7) is 4.32. The number of hydrogen-bond acceptors (Lipinski definition) is 2. The predicted octanol–water partition coefficient (Wildman–Crippen LogP) is 3.29. The van der Waals surface area contributed by atoms with Gasteiger partial charge in [0.2, 0.25) is 0 Å². The van der Waals surface area contributed by atoms with Gasteiger partial charge < -0.3 is 10.4 Å². The number of benzene rings is 1. The zero-order valence-corrected chi connectivity index (χ0v) is 11.7. The van der Waals surface area contributed by atoms with Gasteiger partial charge in [-0.3, -0.25) is 4.79 Å². The molecule has 0 saturated heterocycles. The maximum Gasteiger partial charge on any atom is 0.306 e. The van der Waals surface area contributed by atoms with E-state index in [1.807, 2.05) is 0 Å². The maximum atomic E-state index is 10.9. The van der Waals surface area contributed by atoms with E-state index in [0.717, 1.165) is 25.7 Å². The average Bonchev–Trinajstić information content (AvgIpc) is 2.39. The summed E-state index contributed by atoms with van der Waals surface area (Å²) in [4.78, 5) is 10.9. The van der Waals surface area contributed by atoms with Crippen LogP contribution in [-0.4, -0.2) is 17.1 Å². The highest BCUT2D eigenvalue weighted by Crippen LogP contribution is 2.27. The molecule has 0 heterocycles. The van der Waals surface area contributed by atoms with Gasteiger partial charge in [0, 0.05) is 12.1 Å². The highest BCUT2D eigenvalue weighted by atomic mass is 16.4. The standard InChI is InChI=1S/C16H23NO2/c1-11-5-3-4-6-15(11)12(2)17-14-9-7-13(8-10-14)16(18)19/h3-6,12-14,17H,7-10H2,1-2H3,(H,18,19). The topological polar surface area (TPSA) is 49.3 Å². The molecule has 0 bridgehead atoms. The van der Waals surface area contributed by atoms with Crippen LogP contribution < -0.4 is 5.32 Å². The van der Waals surface area contributed by atoms with E-state index in [0.29, 0.717) is 12.1 Å². The van der Waals surface area contributed by atoms with Crippen LogP contribution in [0.3, 0.4) is 0 Å². The molecule has 1 aromatic carbocycles. The molecular formula is C16H23NO2. The Hall–Kier alpha value is -1.35. The van der Waals surface area contributed by atoms with Gasteiger partial charge in [0.1, 0.15) is 0 Å². The van der Waals surface area contributed by atoms with Crippen LogP contribution in [0.4, 0.5) is 0 Å². The van der Waals surface area contributed by atoms with Crippen molar-refractivity contribution in [2.75, 3.05) is 0 Å². The number of aliphatic carboxylic acids is 1. The zero-order valence-electron chi connectivity index (χ0n) is 11.7. The minimum absolute atomic E-state index is 0.133. The zero-order chi connectivity index (χ0) is 13.8. The van der Waals surface area contributed by atoms with Crippen LogP contribution in [0, 0.1) is 12.8 Å². The fourth-order valence-corrected chi connectivity index (χ4v) is 3.02. The second kappa shape index (κ2) is 6.20. The Morgan fingerprint density at radius 1 is 1.26 bits per heavy atom. The summed E-state index contributed by atoms with van der Waals surface area (Å²) in [5.74, 6) is -0.766. The Kier molecular flexibility index (Phi) is 4.59. The molecule has 1 atom stereocenters. The van der Waals surface area contributed by atoms with Gasteiger partial charge >= 0.3 is 5.97 Å². The highest BCUT2D eigenvalue weighted by molar-refractivity contribution is 5.70. The summed E-state index contributed by atoms with van der Waals surface area (Å²) in [6.07, 6.45) is 3.53. The third kappa shape index (κ3) is 3.57. The Labute approximate surface area is 115 Å². The lowest BCUT2D eigenvalue weighted by molar-refractivity contribution is -0.142. The van der Waals surface area contributed by atoms with Crippen LogP contribution in [0.25, 0.3) is 0 Å². The Bertz CT molecular complexity index is 436. The number of carboxylic acid groups (broad SMARTS) is 1. The van der Waals surface area contributed by atoms with Crippen molar-refractivity contribution in [1.29, 1.82) is 0 Å². The summed E-state index contributed by atoms with van der Waals surface area (Å²) in [7, 11) is 0. The van der Waals surface area contributed by atoms with Gasteiger partial charge in [0.05, 0.1) is 5.92 Å². The summed E-state index contributed by atoms with van der Waals surface area (Å²) in [6, 6.07) is 9.20.